The van der Waals surface area contributed by atoms with Gasteiger partial charge in [0, 0.05) is 12.2 Å². The Morgan fingerprint density at radius 3 is 1.94 bits per heavy atom. The summed E-state index contributed by atoms with van der Waals surface area (Å²) in [5.74, 6) is -3.47. The van der Waals surface area contributed by atoms with Crippen LogP contribution in [-0.4, -0.2) is 88.4 Å². The van der Waals surface area contributed by atoms with E-state index in [0.717, 1.165) is 4.90 Å². The Kier molecular flexibility index (Phi) is 14.5. The van der Waals surface area contributed by atoms with Crippen LogP contribution in [0.3, 0.4) is 0 Å². The van der Waals surface area contributed by atoms with E-state index in [-0.39, 0.29) is 57.3 Å². The average Bonchev–Trinajstić information content (AvgIpc) is 3.31. The maximum absolute atomic E-state index is 14.2. The van der Waals surface area contributed by atoms with E-state index in [4.69, 9.17) is 48.7 Å². The second-order valence-electron chi connectivity index (χ2n) is 12.1. The fraction of sp³-hybridized carbons (Fsp3) is 0.594. The molecule has 0 radical (unpaired) electrons. The molecular formula is C32H47N3O15P2S. The van der Waals surface area contributed by atoms with Gasteiger partial charge in [0.1, 0.15) is 11.7 Å². The van der Waals surface area contributed by atoms with Crippen LogP contribution in [0, 0.1) is 5.92 Å². The molecule has 2 aromatic carbocycles. The van der Waals surface area contributed by atoms with Gasteiger partial charge in [0.2, 0.25) is 11.6 Å². The lowest BCUT2D eigenvalue weighted by molar-refractivity contribution is -0.272. The molecule has 2 fully saturated rings. The summed E-state index contributed by atoms with van der Waals surface area (Å²) in [5, 5.41) is 11.7. The summed E-state index contributed by atoms with van der Waals surface area (Å²) >= 11 is 1.17. The number of thioether (sulfide) groups is 1. The number of anilines is 1. The Balaban J connectivity index is 1.64. The largest absolute Gasteiger partial charge is 0.493 e. The number of carbonyl (C=O) groups excluding carboxylic acids is 2. The quantitative estimate of drug-likeness (QED) is 0.0298. The zero-order valence-electron chi connectivity index (χ0n) is 30.6. The lowest BCUT2D eigenvalue weighted by Crippen LogP contribution is -2.75. The number of amides is 1. The third-order valence-electron chi connectivity index (χ3n) is 8.45. The van der Waals surface area contributed by atoms with Crippen molar-refractivity contribution in [3.8, 4) is 5.75 Å². The van der Waals surface area contributed by atoms with Gasteiger partial charge in [-0.15, -0.1) is 30.5 Å². The number of ether oxygens (including phenoxy) is 1. The number of ketones is 1. The van der Waals surface area contributed by atoms with Crippen LogP contribution in [0.25, 0.3) is 10.8 Å². The molecule has 0 saturated carbocycles. The molecule has 3 unspecified atom stereocenters. The van der Waals surface area contributed by atoms with Crippen LogP contribution in [0.1, 0.15) is 65.2 Å². The van der Waals surface area contributed by atoms with E-state index < -0.39 is 60.0 Å². The van der Waals surface area contributed by atoms with Crippen molar-refractivity contribution in [2.45, 2.75) is 76.1 Å². The fourth-order valence-electron chi connectivity index (χ4n) is 5.91. The fourth-order valence-corrected chi connectivity index (χ4v) is 11.8. The van der Waals surface area contributed by atoms with Crippen molar-refractivity contribution >= 4 is 61.1 Å². The highest BCUT2D eigenvalue weighted by Crippen LogP contribution is 2.72. The summed E-state index contributed by atoms with van der Waals surface area (Å²) in [6.45, 7) is 11.4. The Bertz CT molecular complexity index is 1690. The molecule has 53 heavy (non-hydrogen) atoms. The summed E-state index contributed by atoms with van der Waals surface area (Å²) in [6.07, 6.45) is -0.241. The number of nitrogens with one attached hydrogen (secondary N) is 1. The van der Waals surface area contributed by atoms with Gasteiger partial charge in [-0.05, 0) is 83.9 Å². The number of benzene rings is 2. The molecule has 0 aromatic heterocycles. The third-order valence-corrected chi connectivity index (χ3v) is 15.0. The van der Waals surface area contributed by atoms with Crippen molar-refractivity contribution in [1.29, 1.82) is 0 Å². The van der Waals surface area contributed by atoms with Crippen molar-refractivity contribution in [3.05, 3.63) is 35.9 Å². The molecule has 2 aliphatic heterocycles. The number of nitrogens with two attached hydrogens (primary N) is 1. The van der Waals surface area contributed by atoms with Crippen LogP contribution in [0.2, 0.25) is 0 Å². The number of aliphatic carboxylic acids is 1. The standard InChI is InChI=1S/C32H47N3O15P2S/c1-8-42-23-16-13-20-19-21(14-15-22(20)25(23)27(36)26-28(37)35-29(26)53-31(6,7)32(35,33)30(38)39)34-18-17-24(51(40,47-43-9-2)48-44-10-3)52(41,49-45-11-4)50-46-12-5/h13-16,19,24,26,29,34H,8-12,17-18,33H2,1-7H3,(H,38,39). The molecule has 0 spiro atoms. The highest BCUT2D eigenvalue weighted by atomic mass is 32.2. The average molecular weight is 808 g/mol. The molecule has 4 rings (SSSR count). The first-order valence-corrected chi connectivity index (χ1v) is 21.2. The highest BCUT2D eigenvalue weighted by Gasteiger charge is 2.72. The van der Waals surface area contributed by atoms with Crippen molar-refractivity contribution in [3.63, 3.8) is 0 Å². The molecule has 1 amide bonds. The first-order valence-electron chi connectivity index (χ1n) is 17.1. The molecule has 21 heteroatoms. The monoisotopic (exact) mass is 807 g/mol. The molecule has 3 atom stereocenters. The number of Topliss-reactive ketones (excluding diaryl/α,β-unsaturated/α-hetero) is 1. The zero-order valence-corrected chi connectivity index (χ0v) is 33.2. The van der Waals surface area contributed by atoms with E-state index >= 15 is 0 Å². The van der Waals surface area contributed by atoms with Crippen LogP contribution < -0.4 is 15.8 Å². The minimum absolute atomic E-state index is 0.0194. The summed E-state index contributed by atoms with van der Waals surface area (Å²) in [6, 6.07) is 8.43. The van der Waals surface area contributed by atoms with Gasteiger partial charge in [0.05, 0.1) is 48.7 Å². The van der Waals surface area contributed by atoms with Gasteiger partial charge in [-0.1, -0.05) is 12.1 Å². The normalized spacial score (nSPS) is 21.2. The van der Waals surface area contributed by atoms with E-state index in [1.165, 1.54) is 11.8 Å². The molecule has 2 aromatic rings. The summed E-state index contributed by atoms with van der Waals surface area (Å²) in [5.41, 5.74) is 5.00. The van der Waals surface area contributed by atoms with E-state index in [1.54, 1.807) is 78.8 Å². The minimum atomic E-state index is -4.58. The number of carbonyl (C=O) groups is 3. The third kappa shape index (κ3) is 8.47. The Hall–Kier alpha value is -2.64. The van der Waals surface area contributed by atoms with Crippen LogP contribution >= 0.6 is 27.0 Å². The van der Waals surface area contributed by atoms with Crippen LogP contribution in [0.15, 0.2) is 30.3 Å². The van der Waals surface area contributed by atoms with Crippen LogP contribution in [0.4, 0.5) is 5.69 Å². The van der Waals surface area contributed by atoms with E-state index in [1.807, 2.05) is 0 Å². The molecule has 2 aliphatic rings. The second kappa shape index (κ2) is 17.9. The van der Waals surface area contributed by atoms with Crippen molar-refractivity contribution in [2.24, 2.45) is 11.7 Å². The topological polar surface area (TPSA) is 230 Å². The number of hydrogen-bond donors (Lipinski definition) is 3. The van der Waals surface area contributed by atoms with Gasteiger partial charge >= 0.3 is 21.2 Å². The molecule has 0 aliphatic carbocycles. The number of rotatable bonds is 23. The Morgan fingerprint density at radius 1 is 0.906 bits per heavy atom. The van der Waals surface area contributed by atoms with Gasteiger partial charge in [-0.25, -0.2) is 24.3 Å². The van der Waals surface area contributed by atoms with Crippen molar-refractivity contribution < 1.29 is 71.6 Å². The number of fused-ring (bicyclic) bond motifs is 2. The summed E-state index contributed by atoms with van der Waals surface area (Å²) < 4.78 is 53.2. The highest BCUT2D eigenvalue weighted by molar-refractivity contribution is 8.01. The number of β-lactam (4-membered cyclic amide) rings is 1. The summed E-state index contributed by atoms with van der Waals surface area (Å²) in [7, 11) is -9.16. The lowest BCUT2D eigenvalue weighted by atomic mass is 9.82. The first-order chi connectivity index (χ1) is 25.1. The van der Waals surface area contributed by atoms with Gasteiger partial charge in [0.25, 0.3) is 0 Å². The number of carboxylic acid groups (broad SMARTS) is 1. The van der Waals surface area contributed by atoms with Crippen LogP contribution in [-0.2, 0) is 57.0 Å². The van der Waals surface area contributed by atoms with Crippen LogP contribution in [0.5, 0.6) is 5.75 Å². The number of nitrogens with zero attached hydrogens (tertiary/aromatic N) is 1. The van der Waals surface area contributed by atoms with E-state index in [9.17, 15) is 28.6 Å². The molecule has 2 saturated heterocycles. The SMILES string of the molecule is CCOOP(=O)(OOCC)C(CCNc1ccc2c(C(=O)C3C(=O)N4C3SC(C)(C)C4(N)C(=O)O)c(OCC)ccc2c1)P(=O)(OOCC)OOCC. The van der Waals surface area contributed by atoms with Gasteiger partial charge in [-0.3, -0.25) is 29.4 Å². The van der Waals surface area contributed by atoms with E-state index in [2.05, 4.69) is 5.32 Å². The zero-order chi connectivity index (χ0) is 39.2. The minimum Gasteiger partial charge on any atom is -0.493 e. The van der Waals surface area contributed by atoms with Gasteiger partial charge in [0.15, 0.2) is 11.2 Å². The molecule has 296 valence electrons. The smallest absolute Gasteiger partial charge is 0.399 e. The molecule has 0 bridgehead atoms. The van der Waals surface area contributed by atoms with Crippen molar-refractivity contribution in [2.75, 3.05) is 44.9 Å². The maximum Gasteiger partial charge on any atom is 0.399 e. The number of carboxylic acids is 1. The maximum atomic E-state index is 14.2. The summed E-state index contributed by atoms with van der Waals surface area (Å²) in [4.78, 5) is 60.8. The van der Waals surface area contributed by atoms with Gasteiger partial charge < -0.3 is 15.2 Å². The predicted molar refractivity (Wildman–Crippen MR) is 193 cm³/mol. The Morgan fingerprint density at radius 2 is 1.45 bits per heavy atom. The molecular weight excluding hydrogens is 760 g/mol. The second-order valence-corrected chi connectivity index (χ2v) is 18.3. The molecule has 2 heterocycles. The molecule has 18 nitrogen and oxygen atoms in total. The lowest BCUT2D eigenvalue weighted by Gasteiger charge is -2.47. The van der Waals surface area contributed by atoms with Gasteiger partial charge in [-0.2, -0.15) is 0 Å². The van der Waals surface area contributed by atoms with Crippen molar-refractivity contribution in [1.82, 2.24) is 4.90 Å². The Labute approximate surface area is 311 Å². The van der Waals surface area contributed by atoms with E-state index in [0.29, 0.717) is 16.5 Å². The number of hydrogen-bond acceptors (Lipinski definition) is 17. The first kappa shape index (κ1) is 43.1. The molecule has 4 N–H and O–H groups in total. The predicted octanol–water partition coefficient (Wildman–Crippen LogP) is 5.86.